The molecular weight excluding hydrogens is 425 g/mol. The summed E-state index contributed by atoms with van der Waals surface area (Å²) in [6.45, 7) is 8.87. The Kier molecular flexibility index (Phi) is 6.79. The molecule has 2 atom stereocenters. The number of Topliss-reactive ketones (excluding diaryl/α,β-unsaturated/α-hetero) is 1. The number of hydrogen-bond donors (Lipinski definition) is 3. The lowest BCUT2D eigenvalue weighted by molar-refractivity contribution is -0.119. The maximum absolute atomic E-state index is 13.5. The molecule has 8 heteroatoms. The summed E-state index contributed by atoms with van der Waals surface area (Å²) < 4.78 is 15.1. The normalized spacial score (nSPS) is 19.8. The van der Waals surface area contributed by atoms with Crippen LogP contribution in [0, 0.1) is 32.0 Å². The van der Waals surface area contributed by atoms with Gasteiger partial charge < -0.3 is 20.3 Å². The third kappa shape index (κ3) is 4.85. The highest BCUT2D eigenvalue weighted by Gasteiger charge is 2.38. The summed E-state index contributed by atoms with van der Waals surface area (Å²) in [6.07, 6.45) is 1.29. The van der Waals surface area contributed by atoms with Crippen molar-refractivity contribution in [2.75, 3.05) is 5.32 Å². The SMILES string of the molecule is Cc1cc(NC(=O)c2c(C)c(C(=O)C(=O)N[C@@H]3CC[C@H](O)CC3(C)C)n(C)c2C)ccc1F. The van der Waals surface area contributed by atoms with Gasteiger partial charge in [0.15, 0.2) is 0 Å². The molecule has 0 spiro atoms. The van der Waals surface area contributed by atoms with Crippen molar-refractivity contribution in [3.63, 3.8) is 0 Å². The van der Waals surface area contributed by atoms with Gasteiger partial charge in [0.2, 0.25) is 0 Å². The van der Waals surface area contributed by atoms with Crippen LogP contribution in [0.25, 0.3) is 0 Å². The van der Waals surface area contributed by atoms with Crippen molar-refractivity contribution in [3.8, 4) is 0 Å². The minimum atomic E-state index is -0.728. The van der Waals surface area contributed by atoms with Crippen molar-refractivity contribution in [1.82, 2.24) is 9.88 Å². The number of aryl methyl sites for hydroxylation is 1. The molecule has 0 radical (unpaired) electrons. The lowest BCUT2D eigenvalue weighted by Crippen LogP contribution is -2.51. The third-order valence-corrected chi connectivity index (χ3v) is 6.79. The monoisotopic (exact) mass is 457 g/mol. The Morgan fingerprint density at radius 3 is 2.42 bits per heavy atom. The molecule has 1 aliphatic carbocycles. The average molecular weight is 458 g/mol. The lowest BCUT2D eigenvalue weighted by atomic mass is 9.72. The maximum atomic E-state index is 13.5. The van der Waals surface area contributed by atoms with E-state index in [1.165, 1.54) is 18.2 Å². The van der Waals surface area contributed by atoms with Crippen molar-refractivity contribution in [1.29, 1.82) is 0 Å². The van der Waals surface area contributed by atoms with Gasteiger partial charge in [-0.1, -0.05) is 13.8 Å². The van der Waals surface area contributed by atoms with Crippen LogP contribution in [0.15, 0.2) is 18.2 Å². The standard InChI is InChI=1S/C25H32FN3O4/c1-13-11-16(7-9-18(13)26)27-23(32)20-14(2)21(29(6)15(20)3)22(31)24(33)28-19-10-8-17(30)12-25(19,4)5/h7,9,11,17,19,30H,8,10,12H2,1-6H3,(H,27,32)(H,28,33)/t17-,19+/m0/s1. The van der Waals surface area contributed by atoms with Crippen LogP contribution in [0.3, 0.4) is 0 Å². The first-order chi connectivity index (χ1) is 15.3. The molecule has 178 valence electrons. The Morgan fingerprint density at radius 1 is 1.15 bits per heavy atom. The molecule has 1 saturated carbocycles. The van der Waals surface area contributed by atoms with Gasteiger partial charge in [-0.3, -0.25) is 14.4 Å². The number of aliphatic hydroxyl groups excluding tert-OH is 1. The fraction of sp³-hybridized carbons (Fsp3) is 0.480. The van der Waals surface area contributed by atoms with Gasteiger partial charge >= 0.3 is 0 Å². The van der Waals surface area contributed by atoms with Crippen molar-refractivity contribution >= 4 is 23.3 Å². The first kappa shape index (κ1) is 24.6. The maximum Gasteiger partial charge on any atom is 0.294 e. The molecular formula is C25H32FN3O4. The summed E-state index contributed by atoms with van der Waals surface area (Å²) in [4.78, 5) is 39.0. The Bertz CT molecular complexity index is 1120. The number of amides is 2. The fourth-order valence-electron chi connectivity index (χ4n) is 4.75. The second kappa shape index (κ2) is 9.09. The summed E-state index contributed by atoms with van der Waals surface area (Å²) >= 11 is 0. The number of anilines is 1. The van der Waals surface area contributed by atoms with Crippen LogP contribution < -0.4 is 10.6 Å². The first-order valence-electron chi connectivity index (χ1n) is 11.1. The summed E-state index contributed by atoms with van der Waals surface area (Å²) in [6, 6.07) is 4.05. The molecule has 1 aromatic carbocycles. The number of carbonyl (C=O) groups is 3. The van der Waals surface area contributed by atoms with E-state index in [2.05, 4.69) is 10.6 Å². The number of halogens is 1. The molecule has 0 saturated heterocycles. The minimum absolute atomic E-state index is 0.152. The van der Waals surface area contributed by atoms with Crippen molar-refractivity contribution < 1.29 is 23.9 Å². The van der Waals surface area contributed by atoms with Crippen LogP contribution in [0.1, 0.15) is 70.8 Å². The molecule has 0 bridgehead atoms. The quantitative estimate of drug-likeness (QED) is 0.472. The van der Waals surface area contributed by atoms with Crippen LogP contribution in [-0.2, 0) is 11.8 Å². The van der Waals surface area contributed by atoms with Crippen LogP contribution in [0.2, 0.25) is 0 Å². The summed E-state index contributed by atoms with van der Waals surface area (Å²) in [7, 11) is 1.64. The predicted octanol–water partition coefficient (Wildman–Crippen LogP) is 3.58. The molecule has 1 aliphatic rings. The van der Waals surface area contributed by atoms with E-state index < -0.39 is 23.7 Å². The van der Waals surface area contributed by atoms with E-state index in [1.54, 1.807) is 32.4 Å². The average Bonchev–Trinajstić information content (AvgIpc) is 2.94. The van der Waals surface area contributed by atoms with Gasteiger partial charge in [-0.25, -0.2) is 4.39 Å². The molecule has 2 amide bonds. The number of nitrogens with one attached hydrogen (secondary N) is 2. The smallest absolute Gasteiger partial charge is 0.294 e. The Labute approximate surface area is 193 Å². The second-order valence-corrected chi connectivity index (χ2v) is 9.69. The van der Waals surface area contributed by atoms with E-state index in [0.29, 0.717) is 47.3 Å². The topological polar surface area (TPSA) is 100 Å². The molecule has 7 nitrogen and oxygen atoms in total. The van der Waals surface area contributed by atoms with E-state index in [1.807, 2.05) is 13.8 Å². The third-order valence-electron chi connectivity index (χ3n) is 6.79. The highest BCUT2D eigenvalue weighted by Crippen LogP contribution is 2.35. The van der Waals surface area contributed by atoms with Crippen LogP contribution >= 0.6 is 0 Å². The van der Waals surface area contributed by atoms with Gasteiger partial charge in [0, 0.05) is 24.5 Å². The van der Waals surface area contributed by atoms with Gasteiger partial charge in [-0.15, -0.1) is 0 Å². The zero-order chi connectivity index (χ0) is 24.7. The summed E-state index contributed by atoms with van der Waals surface area (Å²) in [5, 5.41) is 15.5. The van der Waals surface area contributed by atoms with Gasteiger partial charge in [-0.2, -0.15) is 0 Å². The number of hydrogen-bond acceptors (Lipinski definition) is 4. The molecule has 33 heavy (non-hydrogen) atoms. The Balaban J connectivity index is 1.83. The Morgan fingerprint density at radius 2 is 1.82 bits per heavy atom. The molecule has 1 fully saturated rings. The highest BCUT2D eigenvalue weighted by atomic mass is 19.1. The predicted molar refractivity (Wildman–Crippen MR) is 124 cm³/mol. The van der Waals surface area contributed by atoms with Gasteiger partial charge in [0.1, 0.15) is 5.82 Å². The molecule has 0 aliphatic heterocycles. The fourth-order valence-corrected chi connectivity index (χ4v) is 4.75. The Hall–Kier alpha value is -3.00. The van der Waals surface area contributed by atoms with E-state index in [0.717, 1.165) is 0 Å². The number of carbonyl (C=O) groups excluding carboxylic acids is 3. The number of aliphatic hydroxyl groups is 1. The van der Waals surface area contributed by atoms with Crippen LogP contribution in [-0.4, -0.2) is 39.4 Å². The zero-order valence-corrected chi connectivity index (χ0v) is 20.0. The number of aromatic nitrogens is 1. The van der Waals surface area contributed by atoms with E-state index in [-0.39, 0.29) is 23.0 Å². The molecule has 3 rings (SSSR count). The molecule has 2 aromatic rings. The molecule has 0 unspecified atom stereocenters. The van der Waals surface area contributed by atoms with Gasteiger partial charge in [-0.05, 0) is 74.8 Å². The van der Waals surface area contributed by atoms with Crippen molar-refractivity contribution in [3.05, 3.63) is 52.1 Å². The molecule has 1 heterocycles. The summed E-state index contributed by atoms with van der Waals surface area (Å²) in [5.74, 6) is -2.24. The van der Waals surface area contributed by atoms with E-state index in [4.69, 9.17) is 0 Å². The van der Waals surface area contributed by atoms with E-state index in [9.17, 15) is 23.9 Å². The van der Waals surface area contributed by atoms with Gasteiger partial charge in [0.05, 0.1) is 17.4 Å². The largest absolute Gasteiger partial charge is 0.393 e. The molecule has 3 N–H and O–H groups in total. The zero-order valence-electron chi connectivity index (χ0n) is 20.0. The highest BCUT2D eigenvalue weighted by molar-refractivity contribution is 6.43. The van der Waals surface area contributed by atoms with Crippen molar-refractivity contribution in [2.45, 2.75) is 66.0 Å². The molecule has 1 aromatic heterocycles. The number of rotatable bonds is 5. The minimum Gasteiger partial charge on any atom is -0.393 e. The number of nitrogens with zero attached hydrogens (tertiary/aromatic N) is 1. The second-order valence-electron chi connectivity index (χ2n) is 9.69. The van der Waals surface area contributed by atoms with E-state index >= 15 is 0 Å². The number of benzene rings is 1. The first-order valence-corrected chi connectivity index (χ1v) is 11.1. The lowest BCUT2D eigenvalue weighted by Gasteiger charge is -2.41. The van der Waals surface area contributed by atoms with Crippen LogP contribution in [0.5, 0.6) is 0 Å². The number of ketones is 1. The van der Waals surface area contributed by atoms with Gasteiger partial charge in [0.25, 0.3) is 17.6 Å². The van der Waals surface area contributed by atoms with Crippen LogP contribution in [0.4, 0.5) is 10.1 Å². The summed E-state index contributed by atoms with van der Waals surface area (Å²) in [5.41, 5.74) is 1.90. The van der Waals surface area contributed by atoms with Crippen molar-refractivity contribution in [2.24, 2.45) is 12.5 Å².